The number of nitrogens with two attached hydrogens (primary N) is 1. The number of hydrogen-bond acceptors (Lipinski definition) is 5. The first kappa shape index (κ1) is 11.5. The highest BCUT2D eigenvalue weighted by Crippen LogP contribution is 2.29. The summed E-state index contributed by atoms with van der Waals surface area (Å²) in [5.41, 5.74) is 8.87. The minimum atomic E-state index is 0.621. The molecule has 0 saturated heterocycles. The number of nitriles is 1. The Morgan fingerprint density at radius 2 is 2.11 bits per heavy atom. The van der Waals surface area contributed by atoms with Gasteiger partial charge in [-0.15, -0.1) is 0 Å². The zero-order chi connectivity index (χ0) is 13.2. The average Bonchev–Trinajstić information content (AvgIpc) is 2.80. The van der Waals surface area contributed by atoms with Gasteiger partial charge in [-0.2, -0.15) is 5.26 Å². The number of benzene rings is 2. The minimum absolute atomic E-state index is 0.621. The number of nitrogen functional groups attached to an aromatic ring is 1. The second kappa shape index (κ2) is 4.59. The molecule has 5 heteroatoms. The van der Waals surface area contributed by atoms with Crippen LogP contribution < -0.4 is 11.1 Å². The lowest BCUT2D eigenvalue weighted by Crippen LogP contribution is -1.89. The molecule has 0 fully saturated rings. The van der Waals surface area contributed by atoms with Crippen molar-refractivity contribution in [3.8, 4) is 6.07 Å². The highest BCUT2D eigenvalue weighted by Gasteiger charge is 2.04. The molecule has 4 nitrogen and oxygen atoms in total. The van der Waals surface area contributed by atoms with E-state index >= 15 is 0 Å². The molecule has 1 heterocycles. The lowest BCUT2D eigenvalue weighted by molar-refractivity contribution is 1.43. The van der Waals surface area contributed by atoms with E-state index in [0.717, 1.165) is 26.7 Å². The van der Waals surface area contributed by atoms with Gasteiger partial charge in [0.2, 0.25) is 0 Å². The maximum absolute atomic E-state index is 8.87. The molecular weight excluding hydrogens is 256 g/mol. The first-order valence-electron chi connectivity index (χ1n) is 5.68. The zero-order valence-corrected chi connectivity index (χ0v) is 10.7. The molecule has 0 saturated carbocycles. The zero-order valence-electron chi connectivity index (χ0n) is 9.92. The Labute approximate surface area is 114 Å². The van der Waals surface area contributed by atoms with Gasteiger partial charge in [-0.05, 0) is 36.4 Å². The Kier molecular flexibility index (Phi) is 2.78. The van der Waals surface area contributed by atoms with E-state index in [1.54, 1.807) is 12.1 Å². The van der Waals surface area contributed by atoms with Crippen LogP contribution in [0.5, 0.6) is 0 Å². The van der Waals surface area contributed by atoms with Crippen LogP contribution in [0.4, 0.5) is 16.5 Å². The monoisotopic (exact) mass is 266 g/mol. The summed E-state index contributed by atoms with van der Waals surface area (Å²) in [6.07, 6.45) is 0. The van der Waals surface area contributed by atoms with Crippen molar-refractivity contribution in [1.29, 1.82) is 5.26 Å². The maximum Gasteiger partial charge on any atom is 0.188 e. The predicted octanol–water partition coefficient (Wildman–Crippen LogP) is 3.49. The number of fused-ring (bicyclic) bond motifs is 1. The van der Waals surface area contributed by atoms with Gasteiger partial charge in [0, 0.05) is 11.4 Å². The van der Waals surface area contributed by atoms with Crippen molar-refractivity contribution in [2.75, 3.05) is 11.1 Å². The molecule has 0 amide bonds. The number of aromatic nitrogens is 1. The first-order valence-corrected chi connectivity index (χ1v) is 6.49. The summed E-state index contributed by atoms with van der Waals surface area (Å²) < 4.78 is 1.04. The van der Waals surface area contributed by atoms with Crippen molar-refractivity contribution in [3.05, 3.63) is 48.0 Å². The summed E-state index contributed by atoms with van der Waals surface area (Å²) >= 11 is 1.53. The summed E-state index contributed by atoms with van der Waals surface area (Å²) in [6.45, 7) is 0. The molecule has 2 aromatic carbocycles. The Morgan fingerprint density at radius 3 is 2.95 bits per heavy atom. The Morgan fingerprint density at radius 1 is 1.21 bits per heavy atom. The third-order valence-electron chi connectivity index (χ3n) is 2.66. The number of nitrogens with zero attached hydrogens (tertiary/aromatic N) is 2. The lowest BCUT2D eigenvalue weighted by atomic mass is 10.2. The second-order valence-corrected chi connectivity index (χ2v) is 5.09. The van der Waals surface area contributed by atoms with Crippen molar-refractivity contribution >= 4 is 38.1 Å². The molecule has 0 aliphatic carbocycles. The summed E-state index contributed by atoms with van der Waals surface area (Å²) in [5, 5.41) is 12.9. The van der Waals surface area contributed by atoms with Crippen LogP contribution in [0.2, 0.25) is 0 Å². The second-order valence-electron chi connectivity index (χ2n) is 4.06. The van der Waals surface area contributed by atoms with Gasteiger partial charge in [-0.1, -0.05) is 17.4 Å². The van der Waals surface area contributed by atoms with Gasteiger partial charge in [0.1, 0.15) is 0 Å². The molecule has 1 aromatic heterocycles. The Balaban J connectivity index is 1.94. The van der Waals surface area contributed by atoms with Crippen LogP contribution in [0.15, 0.2) is 42.5 Å². The smallest absolute Gasteiger partial charge is 0.188 e. The van der Waals surface area contributed by atoms with E-state index < -0.39 is 0 Å². The van der Waals surface area contributed by atoms with Gasteiger partial charge in [0.25, 0.3) is 0 Å². The highest BCUT2D eigenvalue weighted by molar-refractivity contribution is 7.22. The molecular formula is C14H10N4S. The van der Waals surface area contributed by atoms with E-state index in [9.17, 15) is 0 Å². The van der Waals surface area contributed by atoms with Crippen LogP contribution in [0.25, 0.3) is 10.2 Å². The topological polar surface area (TPSA) is 74.7 Å². The molecule has 0 unspecified atom stereocenters. The third-order valence-corrected chi connectivity index (χ3v) is 3.59. The van der Waals surface area contributed by atoms with E-state index in [2.05, 4.69) is 16.4 Å². The number of hydrogen-bond donors (Lipinski definition) is 2. The minimum Gasteiger partial charge on any atom is -0.399 e. The quantitative estimate of drug-likeness (QED) is 0.696. The van der Waals surface area contributed by atoms with Crippen molar-refractivity contribution < 1.29 is 0 Å². The van der Waals surface area contributed by atoms with Crippen LogP contribution in [-0.4, -0.2) is 4.98 Å². The lowest BCUT2D eigenvalue weighted by Gasteiger charge is -2.01. The van der Waals surface area contributed by atoms with Crippen LogP contribution in [0, 0.1) is 11.3 Å². The number of thiazole rings is 1. The number of rotatable bonds is 2. The fraction of sp³-hybridized carbons (Fsp3) is 0. The highest BCUT2D eigenvalue weighted by atomic mass is 32.1. The molecule has 0 aliphatic heterocycles. The number of nitrogens with one attached hydrogen (secondary N) is 1. The SMILES string of the molecule is N#Cc1cccc(Nc2nc3ccc(N)cc3s2)c1. The summed E-state index contributed by atoms with van der Waals surface area (Å²) in [7, 11) is 0. The molecule has 0 bridgehead atoms. The molecule has 3 N–H and O–H groups in total. The first-order chi connectivity index (χ1) is 9.24. The summed E-state index contributed by atoms with van der Waals surface area (Å²) in [4.78, 5) is 4.47. The van der Waals surface area contributed by atoms with E-state index in [1.165, 1.54) is 11.3 Å². The van der Waals surface area contributed by atoms with E-state index in [-0.39, 0.29) is 0 Å². The summed E-state index contributed by atoms with van der Waals surface area (Å²) in [6, 6.07) is 15.1. The van der Waals surface area contributed by atoms with Gasteiger partial charge in [0.15, 0.2) is 5.13 Å². The Hall–Kier alpha value is -2.58. The largest absolute Gasteiger partial charge is 0.399 e. The van der Waals surface area contributed by atoms with E-state index in [0.29, 0.717) is 5.56 Å². The summed E-state index contributed by atoms with van der Waals surface area (Å²) in [5.74, 6) is 0. The molecule has 0 atom stereocenters. The van der Waals surface area contributed by atoms with Gasteiger partial charge in [0.05, 0.1) is 21.8 Å². The van der Waals surface area contributed by atoms with Gasteiger partial charge in [-0.25, -0.2) is 4.98 Å². The van der Waals surface area contributed by atoms with Crippen LogP contribution >= 0.6 is 11.3 Å². The van der Waals surface area contributed by atoms with Crippen molar-refractivity contribution in [1.82, 2.24) is 4.98 Å². The average molecular weight is 266 g/mol. The van der Waals surface area contributed by atoms with Gasteiger partial charge in [-0.3, -0.25) is 0 Å². The normalized spacial score (nSPS) is 10.3. The van der Waals surface area contributed by atoms with Crippen molar-refractivity contribution in [2.45, 2.75) is 0 Å². The number of anilines is 3. The molecule has 3 rings (SSSR count). The molecule has 0 spiro atoms. The molecule has 0 aliphatic rings. The van der Waals surface area contributed by atoms with Gasteiger partial charge >= 0.3 is 0 Å². The van der Waals surface area contributed by atoms with E-state index in [1.807, 2.05) is 30.3 Å². The van der Waals surface area contributed by atoms with Crippen molar-refractivity contribution in [3.63, 3.8) is 0 Å². The molecule has 0 radical (unpaired) electrons. The van der Waals surface area contributed by atoms with Crippen LogP contribution in [0.3, 0.4) is 0 Å². The molecule has 92 valence electrons. The van der Waals surface area contributed by atoms with Crippen molar-refractivity contribution in [2.24, 2.45) is 0 Å². The van der Waals surface area contributed by atoms with E-state index in [4.69, 9.17) is 11.0 Å². The maximum atomic E-state index is 8.87. The van der Waals surface area contributed by atoms with Crippen LogP contribution in [0.1, 0.15) is 5.56 Å². The van der Waals surface area contributed by atoms with Crippen LogP contribution in [-0.2, 0) is 0 Å². The molecule has 19 heavy (non-hydrogen) atoms. The predicted molar refractivity (Wildman–Crippen MR) is 78.5 cm³/mol. The van der Waals surface area contributed by atoms with Gasteiger partial charge < -0.3 is 11.1 Å². The third kappa shape index (κ3) is 2.34. The fourth-order valence-electron chi connectivity index (χ4n) is 1.78. The Bertz CT molecular complexity index is 785. The molecule has 3 aromatic rings. The standard InChI is InChI=1S/C14H10N4S/c15-8-9-2-1-3-11(6-9)17-14-18-12-5-4-10(16)7-13(12)19-14/h1-7H,16H2,(H,17,18). The fourth-order valence-corrected chi connectivity index (χ4v) is 2.72.